The molecule has 0 spiro atoms. The summed E-state index contributed by atoms with van der Waals surface area (Å²) >= 11 is 7.76. The molecule has 2 rings (SSSR count). The van der Waals surface area contributed by atoms with Gasteiger partial charge in [-0.1, -0.05) is 12.1 Å². The van der Waals surface area contributed by atoms with Gasteiger partial charge in [0.25, 0.3) is 0 Å². The SMILES string of the molecule is Cc1cc2ccc(C)c(CCl)c2s1. The normalized spacial score (nSPS) is 11.0. The average molecular weight is 211 g/mol. The molecule has 2 heteroatoms. The van der Waals surface area contributed by atoms with Crippen LogP contribution in [-0.2, 0) is 5.88 Å². The van der Waals surface area contributed by atoms with E-state index in [1.807, 2.05) is 11.3 Å². The number of alkyl halides is 1. The number of halogens is 1. The summed E-state index contributed by atoms with van der Waals surface area (Å²) in [7, 11) is 0. The highest BCUT2D eigenvalue weighted by Crippen LogP contribution is 2.31. The molecule has 0 aliphatic rings. The Bertz CT molecular complexity index is 443. The first-order valence-corrected chi connectivity index (χ1v) is 5.62. The standard InChI is InChI=1S/C11H11ClS/c1-7-3-4-9-5-8(2)13-11(9)10(7)6-12/h3-5H,6H2,1-2H3. The highest BCUT2D eigenvalue weighted by atomic mass is 35.5. The van der Waals surface area contributed by atoms with Crippen molar-refractivity contribution in [2.45, 2.75) is 19.7 Å². The third kappa shape index (κ3) is 1.47. The number of hydrogen-bond donors (Lipinski definition) is 0. The van der Waals surface area contributed by atoms with Crippen molar-refractivity contribution in [3.8, 4) is 0 Å². The second kappa shape index (κ2) is 3.32. The number of hydrogen-bond acceptors (Lipinski definition) is 1. The molecule has 0 bridgehead atoms. The number of fused-ring (bicyclic) bond motifs is 1. The molecule has 0 saturated carbocycles. The third-order valence-corrected chi connectivity index (χ3v) is 3.67. The first-order chi connectivity index (χ1) is 6.22. The zero-order valence-corrected chi connectivity index (χ0v) is 9.30. The molecule has 1 aromatic carbocycles. The summed E-state index contributed by atoms with van der Waals surface area (Å²) in [6, 6.07) is 6.53. The van der Waals surface area contributed by atoms with E-state index in [1.54, 1.807) is 0 Å². The summed E-state index contributed by atoms with van der Waals surface area (Å²) in [5.41, 5.74) is 2.58. The van der Waals surface area contributed by atoms with Crippen LogP contribution in [-0.4, -0.2) is 0 Å². The zero-order valence-electron chi connectivity index (χ0n) is 7.73. The molecule has 0 aliphatic carbocycles. The molecule has 0 unspecified atom stereocenters. The smallest absolute Gasteiger partial charge is 0.0490 e. The van der Waals surface area contributed by atoms with Crippen molar-refractivity contribution < 1.29 is 0 Å². The topological polar surface area (TPSA) is 0 Å². The lowest BCUT2D eigenvalue weighted by Gasteiger charge is -2.02. The van der Waals surface area contributed by atoms with Crippen molar-refractivity contribution in [2.24, 2.45) is 0 Å². The third-order valence-electron chi connectivity index (χ3n) is 2.28. The lowest BCUT2D eigenvalue weighted by molar-refractivity contribution is 1.35. The number of aryl methyl sites for hydroxylation is 2. The molecule has 68 valence electrons. The van der Waals surface area contributed by atoms with Gasteiger partial charge in [0.2, 0.25) is 0 Å². The number of benzene rings is 1. The first-order valence-electron chi connectivity index (χ1n) is 4.27. The summed E-state index contributed by atoms with van der Waals surface area (Å²) in [6.07, 6.45) is 0. The Morgan fingerprint density at radius 1 is 1.31 bits per heavy atom. The Labute approximate surface area is 87.2 Å². The van der Waals surface area contributed by atoms with Crippen LogP contribution in [0, 0.1) is 13.8 Å². The van der Waals surface area contributed by atoms with Gasteiger partial charge >= 0.3 is 0 Å². The van der Waals surface area contributed by atoms with E-state index in [4.69, 9.17) is 11.6 Å². The summed E-state index contributed by atoms with van der Waals surface area (Å²) < 4.78 is 1.35. The van der Waals surface area contributed by atoms with Crippen molar-refractivity contribution in [1.82, 2.24) is 0 Å². The van der Waals surface area contributed by atoms with Gasteiger partial charge in [-0.3, -0.25) is 0 Å². The predicted octanol–water partition coefficient (Wildman–Crippen LogP) is 4.26. The summed E-state index contributed by atoms with van der Waals surface area (Å²) in [5.74, 6) is 0.614. The molecular formula is C11H11ClS. The van der Waals surface area contributed by atoms with E-state index in [1.165, 1.54) is 26.1 Å². The maximum Gasteiger partial charge on any atom is 0.0490 e. The van der Waals surface area contributed by atoms with Gasteiger partial charge in [-0.25, -0.2) is 0 Å². The molecule has 0 N–H and O–H groups in total. The van der Waals surface area contributed by atoms with Crippen molar-refractivity contribution in [2.75, 3.05) is 0 Å². The van der Waals surface area contributed by atoms with Crippen LogP contribution in [0.15, 0.2) is 18.2 Å². The highest BCUT2D eigenvalue weighted by molar-refractivity contribution is 7.19. The second-order valence-corrected chi connectivity index (χ2v) is 4.79. The molecule has 0 saturated heterocycles. The molecule has 0 radical (unpaired) electrons. The highest BCUT2D eigenvalue weighted by Gasteiger charge is 2.05. The van der Waals surface area contributed by atoms with Crippen LogP contribution in [0.1, 0.15) is 16.0 Å². The van der Waals surface area contributed by atoms with Gasteiger partial charge in [0.15, 0.2) is 0 Å². The van der Waals surface area contributed by atoms with Crippen LogP contribution >= 0.6 is 22.9 Å². The zero-order chi connectivity index (χ0) is 9.42. The van der Waals surface area contributed by atoms with Gasteiger partial charge < -0.3 is 0 Å². The Hall–Kier alpha value is -0.530. The van der Waals surface area contributed by atoms with Crippen molar-refractivity contribution in [3.05, 3.63) is 34.2 Å². The molecular weight excluding hydrogens is 200 g/mol. The molecule has 13 heavy (non-hydrogen) atoms. The number of rotatable bonds is 1. The first kappa shape index (κ1) is 9.04. The van der Waals surface area contributed by atoms with Gasteiger partial charge in [-0.15, -0.1) is 22.9 Å². The minimum absolute atomic E-state index is 0.614. The van der Waals surface area contributed by atoms with Crippen LogP contribution in [0.2, 0.25) is 0 Å². The Morgan fingerprint density at radius 2 is 2.08 bits per heavy atom. The van der Waals surface area contributed by atoms with Crippen LogP contribution in [0.5, 0.6) is 0 Å². The average Bonchev–Trinajstić information content (AvgIpc) is 2.45. The van der Waals surface area contributed by atoms with Gasteiger partial charge in [0.1, 0.15) is 0 Å². The van der Waals surface area contributed by atoms with Crippen LogP contribution < -0.4 is 0 Å². The maximum atomic E-state index is 5.93. The van der Waals surface area contributed by atoms with Gasteiger partial charge in [0.05, 0.1) is 0 Å². The summed E-state index contributed by atoms with van der Waals surface area (Å²) in [4.78, 5) is 1.35. The maximum absolute atomic E-state index is 5.93. The molecule has 0 nitrogen and oxygen atoms in total. The van der Waals surface area contributed by atoms with Crippen LogP contribution in [0.4, 0.5) is 0 Å². The van der Waals surface area contributed by atoms with Crippen molar-refractivity contribution >= 4 is 33.0 Å². The fourth-order valence-electron chi connectivity index (χ4n) is 1.55. The lowest BCUT2D eigenvalue weighted by atomic mass is 10.1. The Balaban J connectivity index is 2.82. The van der Waals surface area contributed by atoms with E-state index in [0.29, 0.717) is 5.88 Å². The van der Waals surface area contributed by atoms with Crippen LogP contribution in [0.3, 0.4) is 0 Å². The van der Waals surface area contributed by atoms with Gasteiger partial charge in [-0.05, 0) is 36.4 Å². The quantitative estimate of drug-likeness (QED) is 0.618. The minimum atomic E-state index is 0.614. The van der Waals surface area contributed by atoms with E-state index in [0.717, 1.165) is 0 Å². The van der Waals surface area contributed by atoms with Gasteiger partial charge in [0, 0.05) is 15.5 Å². The van der Waals surface area contributed by atoms with E-state index in [-0.39, 0.29) is 0 Å². The van der Waals surface area contributed by atoms with Crippen molar-refractivity contribution in [1.29, 1.82) is 0 Å². The fourth-order valence-corrected chi connectivity index (χ4v) is 3.09. The van der Waals surface area contributed by atoms with E-state index in [9.17, 15) is 0 Å². The predicted molar refractivity (Wildman–Crippen MR) is 60.9 cm³/mol. The minimum Gasteiger partial charge on any atom is -0.140 e. The summed E-state index contributed by atoms with van der Waals surface area (Å²) in [5, 5.41) is 1.32. The lowest BCUT2D eigenvalue weighted by Crippen LogP contribution is -1.83. The molecule has 1 heterocycles. The van der Waals surface area contributed by atoms with E-state index < -0.39 is 0 Å². The molecule has 0 aliphatic heterocycles. The monoisotopic (exact) mass is 210 g/mol. The number of thiophene rings is 1. The molecule has 2 aromatic rings. The fraction of sp³-hybridized carbons (Fsp3) is 0.273. The van der Waals surface area contributed by atoms with E-state index >= 15 is 0 Å². The van der Waals surface area contributed by atoms with Gasteiger partial charge in [-0.2, -0.15) is 0 Å². The van der Waals surface area contributed by atoms with E-state index in [2.05, 4.69) is 32.0 Å². The summed E-state index contributed by atoms with van der Waals surface area (Å²) in [6.45, 7) is 4.25. The van der Waals surface area contributed by atoms with Crippen molar-refractivity contribution in [3.63, 3.8) is 0 Å². The second-order valence-electron chi connectivity index (χ2n) is 3.27. The molecule has 0 amide bonds. The molecule has 0 fully saturated rings. The largest absolute Gasteiger partial charge is 0.140 e. The molecule has 0 atom stereocenters. The Morgan fingerprint density at radius 3 is 2.77 bits per heavy atom. The van der Waals surface area contributed by atoms with Crippen LogP contribution in [0.25, 0.3) is 10.1 Å². The molecule has 1 aromatic heterocycles. The Kier molecular flexibility index (Phi) is 2.31.